The quantitative estimate of drug-likeness (QED) is 0.772. The Balaban J connectivity index is 1.67. The Morgan fingerprint density at radius 3 is 2.29 bits per heavy atom. The van der Waals surface area contributed by atoms with E-state index in [1.807, 2.05) is 32.9 Å². The van der Waals surface area contributed by atoms with Crippen LogP contribution in [0.3, 0.4) is 0 Å². The van der Waals surface area contributed by atoms with E-state index in [4.69, 9.17) is 4.74 Å². The Kier molecular flexibility index (Phi) is 7.87. The van der Waals surface area contributed by atoms with E-state index in [0.29, 0.717) is 24.9 Å². The first-order valence-electron chi connectivity index (χ1n) is 10.2. The van der Waals surface area contributed by atoms with E-state index in [1.165, 1.54) is 5.56 Å². The van der Waals surface area contributed by atoms with Gasteiger partial charge in [0.2, 0.25) is 5.91 Å². The van der Waals surface area contributed by atoms with E-state index in [9.17, 15) is 9.59 Å². The molecule has 6 heteroatoms. The molecule has 0 bridgehead atoms. The zero-order valence-corrected chi connectivity index (χ0v) is 17.9. The predicted molar refractivity (Wildman–Crippen MR) is 113 cm³/mol. The fourth-order valence-corrected chi connectivity index (χ4v) is 3.25. The number of nitrogens with zero attached hydrogens (tertiary/aromatic N) is 1. The molecule has 0 aromatic heterocycles. The van der Waals surface area contributed by atoms with Crippen LogP contribution in [0.2, 0.25) is 0 Å². The average Bonchev–Trinajstić information content (AvgIpc) is 2.60. The van der Waals surface area contributed by atoms with Crippen molar-refractivity contribution in [3.63, 3.8) is 0 Å². The topological polar surface area (TPSA) is 70.7 Å². The molecule has 1 saturated heterocycles. The van der Waals surface area contributed by atoms with Crippen molar-refractivity contribution in [1.82, 2.24) is 10.2 Å². The number of hydrogen-bond acceptors (Lipinski definition) is 4. The number of hydrogen-bond donors (Lipinski definition) is 2. The summed E-state index contributed by atoms with van der Waals surface area (Å²) in [6.07, 6.45) is 1.57. The summed E-state index contributed by atoms with van der Waals surface area (Å²) in [5, 5.41) is 5.82. The highest BCUT2D eigenvalue weighted by Gasteiger charge is 2.22. The number of alkyl carbamates (subject to hydrolysis) is 1. The number of piperidine rings is 1. The molecule has 6 nitrogen and oxygen atoms in total. The minimum absolute atomic E-state index is 0.0163. The lowest BCUT2D eigenvalue weighted by Gasteiger charge is -2.31. The summed E-state index contributed by atoms with van der Waals surface area (Å²) in [6.45, 7) is 12.6. The number of likely N-dealkylation sites (tertiary alicyclic amines) is 1. The summed E-state index contributed by atoms with van der Waals surface area (Å²) >= 11 is 0. The SMILES string of the molecule is CC(C)c1ccc(NC(=O)CN2CCC(CNC(=O)OC(C)(C)C)CC2)cc1. The van der Waals surface area contributed by atoms with Gasteiger partial charge in [0.15, 0.2) is 0 Å². The van der Waals surface area contributed by atoms with Gasteiger partial charge in [-0.25, -0.2) is 4.79 Å². The Labute approximate surface area is 169 Å². The molecular formula is C22H35N3O3. The molecule has 2 rings (SSSR count). The lowest BCUT2D eigenvalue weighted by Crippen LogP contribution is -2.42. The summed E-state index contributed by atoms with van der Waals surface area (Å²) < 4.78 is 5.27. The first-order valence-corrected chi connectivity index (χ1v) is 10.2. The van der Waals surface area contributed by atoms with Gasteiger partial charge in [-0.1, -0.05) is 26.0 Å². The zero-order valence-electron chi connectivity index (χ0n) is 17.9. The number of amides is 2. The number of rotatable bonds is 6. The van der Waals surface area contributed by atoms with Crippen LogP contribution in [-0.2, 0) is 9.53 Å². The van der Waals surface area contributed by atoms with Crippen LogP contribution < -0.4 is 10.6 Å². The van der Waals surface area contributed by atoms with Crippen molar-refractivity contribution in [3.8, 4) is 0 Å². The van der Waals surface area contributed by atoms with Crippen LogP contribution in [0.1, 0.15) is 58.9 Å². The minimum atomic E-state index is -0.476. The van der Waals surface area contributed by atoms with Crippen molar-refractivity contribution in [2.75, 3.05) is 31.5 Å². The molecule has 1 aliphatic heterocycles. The first-order chi connectivity index (χ1) is 13.1. The number of anilines is 1. The van der Waals surface area contributed by atoms with Crippen LogP contribution in [0.15, 0.2) is 24.3 Å². The van der Waals surface area contributed by atoms with Crippen LogP contribution in [0.4, 0.5) is 10.5 Å². The maximum atomic E-state index is 12.3. The number of nitrogens with one attached hydrogen (secondary N) is 2. The number of benzene rings is 1. The molecule has 1 aromatic rings. The van der Waals surface area contributed by atoms with Gasteiger partial charge >= 0.3 is 6.09 Å². The van der Waals surface area contributed by atoms with Gasteiger partial charge in [0, 0.05) is 12.2 Å². The standard InChI is InChI=1S/C22H35N3O3/c1-16(2)18-6-8-19(9-7-18)24-20(26)15-25-12-10-17(11-13-25)14-23-21(27)28-22(3,4)5/h6-9,16-17H,10-15H2,1-5H3,(H,23,27)(H,24,26). The Morgan fingerprint density at radius 2 is 1.75 bits per heavy atom. The minimum Gasteiger partial charge on any atom is -0.444 e. The molecule has 28 heavy (non-hydrogen) atoms. The molecule has 1 fully saturated rings. The number of carbonyl (C=O) groups is 2. The molecule has 0 atom stereocenters. The maximum Gasteiger partial charge on any atom is 0.407 e. The van der Waals surface area contributed by atoms with E-state index < -0.39 is 5.60 Å². The van der Waals surface area contributed by atoms with Gasteiger partial charge in [0.05, 0.1) is 6.54 Å². The Morgan fingerprint density at radius 1 is 1.14 bits per heavy atom. The molecule has 1 aliphatic rings. The van der Waals surface area contributed by atoms with E-state index in [-0.39, 0.29) is 12.0 Å². The molecule has 156 valence electrons. The molecule has 0 saturated carbocycles. The summed E-state index contributed by atoms with van der Waals surface area (Å²) in [6, 6.07) is 8.04. The Hall–Kier alpha value is -2.08. The summed E-state index contributed by atoms with van der Waals surface area (Å²) in [5.74, 6) is 0.925. The van der Waals surface area contributed by atoms with Crippen molar-refractivity contribution in [1.29, 1.82) is 0 Å². The molecule has 0 unspecified atom stereocenters. The second-order valence-corrected chi connectivity index (χ2v) is 8.93. The average molecular weight is 390 g/mol. The van der Waals surface area contributed by atoms with Crippen molar-refractivity contribution in [3.05, 3.63) is 29.8 Å². The van der Waals surface area contributed by atoms with E-state index in [1.54, 1.807) is 0 Å². The highest BCUT2D eigenvalue weighted by atomic mass is 16.6. The number of ether oxygens (including phenoxy) is 1. The maximum absolute atomic E-state index is 12.3. The lowest BCUT2D eigenvalue weighted by atomic mass is 9.97. The predicted octanol–water partition coefficient (Wildman–Crippen LogP) is 3.99. The highest BCUT2D eigenvalue weighted by molar-refractivity contribution is 5.92. The highest BCUT2D eigenvalue weighted by Crippen LogP contribution is 2.18. The lowest BCUT2D eigenvalue weighted by molar-refractivity contribution is -0.117. The van der Waals surface area contributed by atoms with E-state index >= 15 is 0 Å². The normalized spacial score (nSPS) is 16.1. The zero-order chi connectivity index (χ0) is 20.7. The fraction of sp³-hybridized carbons (Fsp3) is 0.636. The van der Waals surface area contributed by atoms with Crippen LogP contribution in [0, 0.1) is 5.92 Å². The molecule has 0 aliphatic carbocycles. The first kappa shape index (κ1) is 22.2. The molecule has 2 amide bonds. The van der Waals surface area contributed by atoms with Crippen LogP contribution >= 0.6 is 0 Å². The molecule has 0 radical (unpaired) electrons. The Bertz CT molecular complexity index is 642. The molecule has 1 heterocycles. The van der Waals surface area contributed by atoms with Crippen molar-refractivity contribution < 1.29 is 14.3 Å². The van der Waals surface area contributed by atoms with E-state index in [0.717, 1.165) is 31.6 Å². The van der Waals surface area contributed by atoms with Crippen molar-refractivity contribution >= 4 is 17.7 Å². The van der Waals surface area contributed by atoms with Crippen molar-refractivity contribution in [2.24, 2.45) is 5.92 Å². The van der Waals surface area contributed by atoms with Gasteiger partial charge in [0.25, 0.3) is 0 Å². The van der Waals surface area contributed by atoms with Gasteiger partial charge in [-0.2, -0.15) is 0 Å². The third kappa shape index (κ3) is 7.89. The summed E-state index contributed by atoms with van der Waals surface area (Å²) in [4.78, 5) is 26.2. The number of carbonyl (C=O) groups excluding carboxylic acids is 2. The van der Waals surface area contributed by atoms with Gasteiger partial charge in [-0.05, 0) is 76.2 Å². The largest absolute Gasteiger partial charge is 0.444 e. The molecule has 1 aromatic carbocycles. The van der Waals surface area contributed by atoms with Crippen LogP contribution in [0.5, 0.6) is 0 Å². The third-order valence-electron chi connectivity index (χ3n) is 4.87. The second-order valence-electron chi connectivity index (χ2n) is 8.93. The van der Waals surface area contributed by atoms with E-state index in [2.05, 4.69) is 41.5 Å². The smallest absolute Gasteiger partial charge is 0.407 e. The van der Waals surface area contributed by atoms with Gasteiger partial charge in [-0.3, -0.25) is 9.69 Å². The molecular weight excluding hydrogens is 354 g/mol. The second kappa shape index (κ2) is 9.92. The summed E-state index contributed by atoms with van der Waals surface area (Å²) in [7, 11) is 0. The monoisotopic (exact) mass is 389 g/mol. The van der Waals surface area contributed by atoms with Gasteiger partial charge < -0.3 is 15.4 Å². The van der Waals surface area contributed by atoms with Gasteiger partial charge in [-0.15, -0.1) is 0 Å². The fourth-order valence-electron chi connectivity index (χ4n) is 3.25. The summed E-state index contributed by atoms with van der Waals surface area (Å²) in [5.41, 5.74) is 1.63. The van der Waals surface area contributed by atoms with Gasteiger partial charge in [0.1, 0.15) is 5.60 Å². The third-order valence-corrected chi connectivity index (χ3v) is 4.87. The molecule has 0 spiro atoms. The van der Waals surface area contributed by atoms with Crippen molar-refractivity contribution in [2.45, 2.75) is 59.0 Å². The molecule has 2 N–H and O–H groups in total. The van der Waals surface area contributed by atoms with Crippen LogP contribution in [0.25, 0.3) is 0 Å². The van der Waals surface area contributed by atoms with Crippen LogP contribution in [-0.4, -0.2) is 48.7 Å².